The number of carbonyl (C=O) groups is 1. The van der Waals surface area contributed by atoms with Gasteiger partial charge in [-0.1, -0.05) is 6.58 Å². The van der Waals surface area contributed by atoms with Gasteiger partial charge in [-0.3, -0.25) is 9.35 Å². The summed E-state index contributed by atoms with van der Waals surface area (Å²) in [6.07, 6.45) is 0.974. The fourth-order valence-electron chi connectivity index (χ4n) is 0.523. The molecule has 12 heavy (non-hydrogen) atoms. The van der Waals surface area contributed by atoms with Gasteiger partial charge in [0.15, 0.2) is 5.37 Å². The molecule has 0 aromatic rings. The molecule has 1 atom stereocenters. The van der Waals surface area contributed by atoms with Crippen molar-refractivity contribution in [2.75, 3.05) is 7.05 Å². The Morgan fingerprint density at radius 3 is 2.33 bits per heavy atom. The lowest BCUT2D eigenvalue weighted by Gasteiger charge is -2.20. The van der Waals surface area contributed by atoms with Crippen LogP contribution in [0.15, 0.2) is 12.7 Å². The second-order valence-corrected chi connectivity index (χ2v) is 3.98. The summed E-state index contributed by atoms with van der Waals surface area (Å²) in [7, 11) is -2.93. The van der Waals surface area contributed by atoms with Crippen molar-refractivity contribution >= 4 is 16.0 Å². The van der Waals surface area contributed by atoms with Crippen molar-refractivity contribution in [1.82, 2.24) is 4.90 Å². The molecule has 0 saturated carbocycles. The summed E-state index contributed by atoms with van der Waals surface area (Å²) in [5.74, 6) is -0.555. The number of hydrogen-bond acceptors (Lipinski definition) is 3. The molecule has 0 aliphatic rings. The van der Waals surface area contributed by atoms with Crippen molar-refractivity contribution in [2.45, 2.75) is 12.3 Å². The van der Waals surface area contributed by atoms with E-state index >= 15 is 0 Å². The molecule has 5 nitrogen and oxygen atoms in total. The molecule has 0 fully saturated rings. The normalized spacial score (nSPS) is 13.6. The van der Waals surface area contributed by atoms with Gasteiger partial charge >= 0.3 is 0 Å². The largest absolute Gasteiger partial charge is 0.323 e. The molecule has 0 aliphatic carbocycles. The van der Waals surface area contributed by atoms with Crippen LogP contribution in [0.4, 0.5) is 0 Å². The lowest BCUT2D eigenvalue weighted by Crippen LogP contribution is -2.39. The summed E-state index contributed by atoms with van der Waals surface area (Å²) in [6, 6.07) is 0. The zero-order valence-corrected chi connectivity index (χ0v) is 7.71. The van der Waals surface area contributed by atoms with Crippen molar-refractivity contribution in [1.29, 1.82) is 0 Å². The first-order valence-electron chi connectivity index (χ1n) is 3.16. The zero-order chi connectivity index (χ0) is 9.94. The molecule has 6 heteroatoms. The Bertz CT molecular complexity index is 282. The van der Waals surface area contributed by atoms with Crippen molar-refractivity contribution in [2.24, 2.45) is 0 Å². The first kappa shape index (κ1) is 11.1. The van der Waals surface area contributed by atoms with Crippen LogP contribution in [0.5, 0.6) is 0 Å². The Morgan fingerprint density at radius 2 is 2.08 bits per heavy atom. The van der Waals surface area contributed by atoms with E-state index in [1.165, 1.54) is 14.0 Å². The fraction of sp³-hybridized carbons (Fsp3) is 0.500. The van der Waals surface area contributed by atoms with Gasteiger partial charge in [0.1, 0.15) is 0 Å². The number of hydrogen-bond donors (Lipinski definition) is 1. The van der Waals surface area contributed by atoms with Crippen molar-refractivity contribution in [3.8, 4) is 0 Å². The second-order valence-electron chi connectivity index (χ2n) is 2.27. The minimum atomic E-state index is -4.20. The molecule has 0 aromatic carbocycles. The predicted octanol–water partition coefficient (Wildman–Crippen LogP) is -0.135. The highest BCUT2D eigenvalue weighted by Crippen LogP contribution is 2.03. The Labute approximate surface area is 71.4 Å². The van der Waals surface area contributed by atoms with E-state index in [9.17, 15) is 13.2 Å². The maximum Gasteiger partial charge on any atom is 0.286 e. The van der Waals surface area contributed by atoms with Gasteiger partial charge in [0.25, 0.3) is 10.1 Å². The molecule has 1 amide bonds. The number of likely N-dealkylation sites (N-methyl/N-ethyl adjacent to an activating group) is 1. The van der Waals surface area contributed by atoms with Gasteiger partial charge in [-0.15, -0.1) is 0 Å². The van der Waals surface area contributed by atoms with Gasteiger partial charge in [-0.05, 0) is 13.0 Å². The summed E-state index contributed by atoms with van der Waals surface area (Å²) in [5.41, 5.74) is 0. The average molecular weight is 193 g/mol. The number of amides is 1. The van der Waals surface area contributed by atoms with Crippen LogP contribution in [-0.4, -0.2) is 36.2 Å². The molecular formula is C6H11NO4S. The number of nitrogens with zero attached hydrogens (tertiary/aromatic N) is 1. The van der Waals surface area contributed by atoms with Crippen LogP contribution in [-0.2, 0) is 14.9 Å². The molecule has 0 aliphatic heterocycles. The van der Waals surface area contributed by atoms with Crippen LogP contribution in [0.2, 0.25) is 0 Å². The maximum atomic E-state index is 10.8. The summed E-state index contributed by atoms with van der Waals surface area (Å²) in [5, 5.41) is -1.25. The molecule has 0 radical (unpaired) electrons. The van der Waals surface area contributed by atoms with Crippen LogP contribution in [0.25, 0.3) is 0 Å². The van der Waals surface area contributed by atoms with Crippen LogP contribution in [0, 0.1) is 0 Å². The van der Waals surface area contributed by atoms with Crippen LogP contribution >= 0.6 is 0 Å². The van der Waals surface area contributed by atoms with Gasteiger partial charge in [-0.2, -0.15) is 8.42 Å². The Morgan fingerprint density at radius 1 is 1.67 bits per heavy atom. The first-order valence-corrected chi connectivity index (χ1v) is 4.66. The number of rotatable bonds is 3. The van der Waals surface area contributed by atoms with Crippen molar-refractivity contribution in [3.05, 3.63) is 12.7 Å². The van der Waals surface area contributed by atoms with Gasteiger partial charge in [0, 0.05) is 7.05 Å². The van der Waals surface area contributed by atoms with Gasteiger partial charge in [0.05, 0.1) is 0 Å². The van der Waals surface area contributed by atoms with Crippen LogP contribution in [0.3, 0.4) is 0 Å². The maximum absolute atomic E-state index is 10.8. The zero-order valence-electron chi connectivity index (χ0n) is 6.89. The average Bonchev–Trinajstić information content (AvgIpc) is 1.98. The van der Waals surface area contributed by atoms with E-state index in [0.717, 1.165) is 11.0 Å². The topological polar surface area (TPSA) is 74.7 Å². The minimum absolute atomic E-state index is 0.555. The standard InChI is InChI=1S/C6H11NO4S/c1-4-6(8)7(3)5(2)12(9,10)11/h4-5H,1H2,2-3H3,(H,9,10,11). The van der Waals surface area contributed by atoms with Gasteiger partial charge in [-0.25, -0.2) is 0 Å². The predicted molar refractivity (Wildman–Crippen MR) is 44.0 cm³/mol. The van der Waals surface area contributed by atoms with Crippen LogP contribution < -0.4 is 0 Å². The molecule has 70 valence electrons. The summed E-state index contributed by atoms with van der Waals surface area (Å²) in [4.78, 5) is 11.7. The van der Waals surface area contributed by atoms with E-state index in [1.807, 2.05) is 0 Å². The Kier molecular flexibility index (Phi) is 3.41. The molecule has 0 bridgehead atoms. The van der Waals surface area contributed by atoms with Gasteiger partial charge < -0.3 is 4.90 Å². The van der Waals surface area contributed by atoms with Crippen LogP contribution in [0.1, 0.15) is 6.92 Å². The van der Waals surface area contributed by atoms with E-state index in [2.05, 4.69) is 6.58 Å². The highest BCUT2D eigenvalue weighted by molar-refractivity contribution is 7.86. The fourth-order valence-corrected chi connectivity index (χ4v) is 1.03. The summed E-state index contributed by atoms with van der Waals surface area (Å²) >= 11 is 0. The minimum Gasteiger partial charge on any atom is -0.323 e. The smallest absolute Gasteiger partial charge is 0.286 e. The van der Waals surface area contributed by atoms with Crippen molar-refractivity contribution in [3.63, 3.8) is 0 Å². The molecule has 0 rings (SSSR count). The highest BCUT2D eigenvalue weighted by Gasteiger charge is 2.24. The first-order chi connectivity index (χ1) is 5.30. The van der Waals surface area contributed by atoms with Crippen molar-refractivity contribution < 1.29 is 17.8 Å². The Balaban J connectivity index is 4.62. The quantitative estimate of drug-likeness (QED) is 0.500. The van der Waals surface area contributed by atoms with E-state index in [-0.39, 0.29) is 0 Å². The monoisotopic (exact) mass is 193 g/mol. The van der Waals surface area contributed by atoms with E-state index in [0.29, 0.717) is 0 Å². The highest BCUT2D eigenvalue weighted by atomic mass is 32.2. The molecule has 1 N–H and O–H groups in total. The van der Waals surface area contributed by atoms with Gasteiger partial charge in [0.2, 0.25) is 5.91 Å². The third kappa shape index (κ3) is 2.63. The molecule has 0 spiro atoms. The molecule has 0 aromatic heterocycles. The number of carbonyl (C=O) groups excluding carboxylic acids is 1. The third-order valence-electron chi connectivity index (χ3n) is 1.50. The lowest BCUT2D eigenvalue weighted by atomic mass is 10.5. The molecule has 0 saturated heterocycles. The lowest BCUT2D eigenvalue weighted by molar-refractivity contribution is -0.125. The molecule has 1 unspecified atom stereocenters. The molecular weight excluding hydrogens is 182 g/mol. The van der Waals surface area contributed by atoms with E-state index < -0.39 is 21.4 Å². The Hall–Kier alpha value is -0.880. The molecule has 0 heterocycles. The third-order valence-corrected chi connectivity index (χ3v) is 2.68. The second kappa shape index (κ2) is 3.68. The van der Waals surface area contributed by atoms with E-state index in [1.54, 1.807) is 0 Å². The summed E-state index contributed by atoms with van der Waals surface area (Å²) in [6.45, 7) is 4.38. The summed E-state index contributed by atoms with van der Waals surface area (Å²) < 4.78 is 29.6. The SMILES string of the molecule is C=CC(=O)N(C)C(C)S(=O)(=O)O. The van der Waals surface area contributed by atoms with E-state index in [4.69, 9.17) is 4.55 Å².